The van der Waals surface area contributed by atoms with E-state index >= 15 is 0 Å². The summed E-state index contributed by atoms with van der Waals surface area (Å²) in [6, 6.07) is 3.75. The van der Waals surface area contributed by atoms with Gasteiger partial charge in [-0.2, -0.15) is 5.10 Å². The maximum absolute atomic E-state index is 5.75. The molecule has 3 nitrogen and oxygen atoms in total. The molecule has 2 aromatic rings. The standard InChI is InChI=1S/C7H6BrN3/c8-5-2-4-11-6(7(5)9)1-3-10-11/h1-4H,9H2. The number of nitrogen functional groups attached to an aromatic ring is 1. The number of hydrogen-bond donors (Lipinski definition) is 1. The second kappa shape index (κ2) is 2.23. The quantitative estimate of drug-likeness (QED) is 0.721. The van der Waals surface area contributed by atoms with E-state index in [1.807, 2.05) is 18.3 Å². The lowest BCUT2D eigenvalue weighted by Gasteiger charge is -1.99. The minimum absolute atomic E-state index is 0.727. The molecule has 56 valence electrons. The predicted molar refractivity (Wildman–Crippen MR) is 47.3 cm³/mol. The number of fused-ring (bicyclic) bond motifs is 1. The molecular weight excluding hydrogens is 206 g/mol. The van der Waals surface area contributed by atoms with Gasteiger partial charge in [0.05, 0.1) is 17.4 Å². The van der Waals surface area contributed by atoms with Crippen LogP contribution in [0.15, 0.2) is 29.0 Å². The van der Waals surface area contributed by atoms with Crippen molar-refractivity contribution < 1.29 is 0 Å². The van der Waals surface area contributed by atoms with Crippen LogP contribution >= 0.6 is 15.9 Å². The summed E-state index contributed by atoms with van der Waals surface area (Å²) in [6.07, 6.45) is 3.58. The summed E-state index contributed by atoms with van der Waals surface area (Å²) >= 11 is 3.33. The highest BCUT2D eigenvalue weighted by Gasteiger charge is 2.00. The van der Waals surface area contributed by atoms with Gasteiger partial charge in [-0.25, -0.2) is 4.52 Å². The Hall–Kier alpha value is -1.03. The van der Waals surface area contributed by atoms with Crippen LogP contribution in [0.2, 0.25) is 0 Å². The molecule has 0 saturated carbocycles. The minimum atomic E-state index is 0.727. The van der Waals surface area contributed by atoms with Crippen LogP contribution in [0.5, 0.6) is 0 Å². The zero-order valence-electron chi connectivity index (χ0n) is 5.66. The first kappa shape index (κ1) is 6.67. The molecule has 0 atom stereocenters. The van der Waals surface area contributed by atoms with Gasteiger partial charge in [0.2, 0.25) is 0 Å². The van der Waals surface area contributed by atoms with Gasteiger partial charge in [-0.3, -0.25) is 0 Å². The molecule has 11 heavy (non-hydrogen) atoms. The van der Waals surface area contributed by atoms with Gasteiger partial charge in [0.25, 0.3) is 0 Å². The largest absolute Gasteiger partial charge is 0.396 e. The first-order chi connectivity index (χ1) is 5.29. The second-order valence-electron chi connectivity index (χ2n) is 2.24. The molecule has 0 bridgehead atoms. The van der Waals surface area contributed by atoms with Gasteiger partial charge in [-0.15, -0.1) is 0 Å². The van der Waals surface area contributed by atoms with Gasteiger partial charge < -0.3 is 5.73 Å². The molecule has 0 fully saturated rings. The molecule has 0 aromatic carbocycles. The number of aromatic nitrogens is 2. The average molecular weight is 212 g/mol. The van der Waals surface area contributed by atoms with Crippen LogP contribution in [0.3, 0.4) is 0 Å². The van der Waals surface area contributed by atoms with Gasteiger partial charge in [0.15, 0.2) is 0 Å². The highest BCUT2D eigenvalue weighted by atomic mass is 79.9. The highest BCUT2D eigenvalue weighted by molar-refractivity contribution is 9.10. The Morgan fingerprint density at radius 2 is 2.27 bits per heavy atom. The Morgan fingerprint density at radius 3 is 3.09 bits per heavy atom. The number of pyridine rings is 1. The van der Waals surface area contributed by atoms with E-state index in [0.29, 0.717) is 0 Å². The molecule has 0 aliphatic heterocycles. The first-order valence-electron chi connectivity index (χ1n) is 3.16. The van der Waals surface area contributed by atoms with Crippen LogP contribution in [0.4, 0.5) is 5.69 Å². The van der Waals surface area contributed by atoms with E-state index in [0.717, 1.165) is 15.7 Å². The van der Waals surface area contributed by atoms with Crippen molar-refractivity contribution in [2.75, 3.05) is 5.73 Å². The fourth-order valence-corrected chi connectivity index (χ4v) is 1.32. The van der Waals surface area contributed by atoms with Crippen LogP contribution < -0.4 is 5.73 Å². The van der Waals surface area contributed by atoms with Gasteiger partial charge in [0, 0.05) is 10.7 Å². The van der Waals surface area contributed by atoms with Crippen molar-refractivity contribution >= 4 is 27.1 Å². The maximum Gasteiger partial charge on any atom is 0.0902 e. The molecule has 2 aromatic heterocycles. The smallest absolute Gasteiger partial charge is 0.0902 e. The monoisotopic (exact) mass is 211 g/mol. The summed E-state index contributed by atoms with van der Waals surface area (Å²) in [5.74, 6) is 0. The molecule has 0 saturated heterocycles. The summed E-state index contributed by atoms with van der Waals surface area (Å²) in [7, 11) is 0. The van der Waals surface area contributed by atoms with Crippen molar-refractivity contribution in [1.82, 2.24) is 9.61 Å². The first-order valence-corrected chi connectivity index (χ1v) is 3.95. The zero-order chi connectivity index (χ0) is 7.84. The van der Waals surface area contributed by atoms with E-state index in [4.69, 9.17) is 5.73 Å². The lowest BCUT2D eigenvalue weighted by Crippen LogP contribution is -1.93. The molecule has 4 heteroatoms. The van der Waals surface area contributed by atoms with E-state index in [2.05, 4.69) is 21.0 Å². The van der Waals surface area contributed by atoms with Crippen molar-refractivity contribution in [3.05, 3.63) is 29.0 Å². The lowest BCUT2D eigenvalue weighted by molar-refractivity contribution is 0.961. The van der Waals surface area contributed by atoms with E-state index in [-0.39, 0.29) is 0 Å². The van der Waals surface area contributed by atoms with E-state index in [1.54, 1.807) is 10.7 Å². The molecule has 0 radical (unpaired) electrons. The molecule has 0 unspecified atom stereocenters. The SMILES string of the molecule is Nc1c(Br)ccn2nccc12. The van der Waals surface area contributed by atoms with Gasteiger partial charge in [-0.05, 0) is 28.1 Å². The van der Waals surface area contributed by atoms with Crippen LogP contribution in [-0.2, 0) is 0 Å². The van der Waals surface area contributed by atoms with E-state index in [1.165, 1.54) is 0 Å². The fourth-order valence-electron chi connectivity index (χ4n) is 0.994. The molecule has 0 aliphatic carbocycles. The van der Waals surface area contributed by atoms with Crippen LogP contribution in [-0.4, -0.2) is 9.61 Å². The van der Waals surface area contributed by atoms with Gasteiger partial charge in [0.1, 0.15) is 0 Å². The molecule has 0 aliphatic rings. The molecule has 0 spiro atoms. The van der Waals surface area contributed by atoms with Gasteiger partial charge in [-0.1, -0.05) is 0 Å². The number of halogens is 1. The Balaban J connectivity index is 2.93. The molecule has 2 heterocycles. The molecule has 2 N–H and O–H groups in total. The normalized spacial score (nSPS) is 10.6. The second-order valence-corrected chi connectivity index (χ2v) is 3.09. The predicted octanol–water partition coefficient (Wildman–Crippen LogP) is 1.68. The third kappa shape index (κ3) is 0.903. The van der Waals surface area contributed by atoms with Crippen LogP contribution in [0.25, 0.3) is 5.52 Å². The zero-order valence-corrected chi connectivity index (χ0v) is 7.25. The number of nitrogens with two attached hydrogens (primary N) is 1. The van der Waals surface area contributed by atoms with Gasteiger partial charge >= 0.3 is 0 Å². The van der Waals surface area contributed by atoms with Crippen molar-refractivity contribution in [3.8, 4) is 0 Å². The van der Waals surface area contributed by atoms with Crippen molar-refractivity contribution in [2.24, 2.45) is 0 Å². The van der Waals surface area contributed by atoms with Crippen molar-refractivity contribution in [2.45, 2.75) is 0 Å². The number of hydrogen-bond acceptors (Lipinski definition) is 2. The molecular formula is C7H6BrN3. The average Bonchev–Trinajstić information content (AvgIpc) is 2.45. The van der Waals surface area contributed by atoms with E-state index in [9.17, 15) is 0 Å². The summed E-state index contributed by atoms with van der Waals surface area (Å²) in [5, 5.41) is 4.04. The van der Waals surface area contributed by atoms with Crippen LogP contribution in [0.1, 0.15) is 0 Å². The third-order valence-electron chi connectivity index (χ3n) is 1.57. The fraction of sp³-hybridized carbons (Fsp3) is 0. The molecule has 2 rings (SSSR count). The number of rotatable bonds is 0. The van der Waals surface area contributed by atoms with Crippen molar-refractivity contribution in [1.29, 1.82) is 0 Å². The van der Waals surface area contributed by atoms with Crippen molar-refractivity contribution in [3.63, 3.8) is 0 Å². The summed E-state index contributed by atoms with van der Waals surface area (Å²) in [6.45, 7) is 0. The Labute approximate surface area is 71.9 Å². The van der Waals surface area contributed by atoms with Crippen LogP contribution in [0, 0.1) is 0 Å². The number of nitrogens with zero attached hydrogens (tertiary/aromatic N) is 2. The Bertz CT molecular complexity index is 393. The Morgan fingerprint density at radius 1 is 1.45 bits per heavy atom. The topological polar surface area (TPSA) is 43.3 Å². The number of anilines is 1. The van der Waals surface area contributed by atoms with E-state index < -0.39 is 0 Å². The summed E-state index contributed by atoms with van der Waals surface area (Å²) in [4.78, 5) is 0. The minimum Gasteiger partial charge on any atom is -0.396 e. The maximum atomic E-state index is 5.75. The molecule has 0 amide bonds. The highest BCUT2D eigenvalue weighted by Crippen LogP contribution is 2.22. The lowest BCUT2D eigenvalue weighted by atomic mass is 10.3. The third-order valence-corrected chi connectivity index (χ3v) is 2.26. The summed E-state index contributed by atoms with van der Waals surface area (Å²) in [5.41, 5.74) is 7.41. The summed E-state index contributed by atoms with van der Waals surface area (Å²) < 4.78 is 2.64. The Kier molecular flexibility index (Phi) is 1.35.